The van der Waals surface area contributed by atoms with E-state index >= 15 is 0 Å². The summed E-state index contributed by atoms with van der Waals surface area (Å²) in [5.41, 5.74) is 0. The molecule has 0 heterocycles. The zero-order valence-electron chi connectivity index (χ0n) is 13.5. The number of hydrogen-bond acceptors (Lipinski definition) is 3. The van der Waals surface area contributed by atoms with Gasteiger partial charge in [-0.25, -0.2) is 0 Å². The molecule has 3 N–H and O–H groups in total. The van der Waals surface area contributed by atoms with Crippen molar-refractivity contribution in [3.05, 3.63) is 22.6 Å². The molecule has 6 heteroatoms. The van der Waals surface area contributed by atoms with E-state index in [2.05, 4.69) is 6.08 Å². The summed E-state index contributed by atoms with van der Waals surface area (Å²) in [5.74, 6) is 0. The number of hydrogen-bond donors (Lipinski definition) is 3. The molecule has 1 rings (SSSR count). The topological polar surface area (TPSA) is 60.7 Å². The molecular weight excluding hydrogens is 399 g/mol. The van der Waals surface area contributed by atoms with Gasteiger partial charge in [-0.2, -0.15) is 0 Å². The predicted molar refractivity (Wildman–Crippen MR) is 82.2 cm³/mol. The molecule has 0 radical (unpaired) electrons. The maximum absolute atomic E-state index is 11.7. The van der Waals surface area contributed by atoms with Crippen molar-refractivity contribution >= 4 is 15.9 Å². The molecule has 1 aliphatic carbocycles. The standard InChI is InChI=1S/C5H6FGe.3C3H8O.Zr/c6-7-5-3-1-2-4-5;3*1-3(2)4;/h1,3H,2,7H2;3*3-4H,1-2H3;/q-1;;;;. The molecule has 3 nitrogen and oxygen atoms in total. The Balaban J connectivity index is -0.0000000881. The SMILES string of the molecule is CC(C)O.CC(C)O.CC(C)O.[F][GeH2][C]1=[C-]CC=C1.[Zr]. The van der Waals surface area contributed by atoms with Crippen LogP contribution in [0.3, 0.4) is 0 Å². The van der Waals surface area contributed by atoms with Crippen molar-refractivity contribution in [2.75, 3.05) is 0 Å². The second-order valence-electron chi connectivity index (χ2n) is 4.72. The van der Waals surface area contributed by atoms with Crippen LogP contribution in [0.2, 0.25) is 0 Å². The van der Waals surface area contributed by atoms with Gasteiger partial charge in [0.1, 0.15) is 0 Å². The average Bonchev–Trinajstić information content (AvgIpc) is 2.66. The first-order chi connectivity index (χ1) is 8.63. The summed E-state index contributed by atoms with van der Waals surface area (Å²) in [4.78, 5) is 0. The minimum Gasteiger partial charge on any atom is 0 e. The fourth-order valence-corrected chi connectivity index (χ4v) is 1.58. The summed E-state index contributed by atoms with van der Waals surface area (Å²) in [6.45, 7) is 10.3. The third kappa shape index (κ3) is 62.2. The summed E-state index contributed by atoms with van der Waals surface area (Å²) in [6, 6.07) is 0. The molecule has 0 aromatic heterocycles. The molecule has 120 valence electrons. The van der Waals surface area contributed by atoms with E-state index in [0.717, 1.165) is 10.8 Å². The van der Waals surface area contributed by atoms with Gasteiger partial charge in [-0.05, 0) is 41.5 Å². The second-order valence-corrected chi connectivity index (χ2v) is 6.88. The van der Waals surface area contributed by atoms with Crippen LogP contribution in [0.5, 0.6) is 0 Å². The Bertz CT molecular complexity index is 210. The number of allylic oxidation sites excluding steroid dienone is 4. The van der Waals surface area contributed by atoms with Crippen LogP contribution in [0.15, 0.2) is 16.6 Å². The zero-order chi connectivity index (χ0) is 15.8. The fourth-order valence-electron chi connectivity index (χ4n) is 0.542. The van der Waals surface area contributed by atoms with Crippen LogP contribution in [-0.4, -0.2) is 49.5 Å². The van der Waals surface area contributed by atoms with Crippen molar-refractivity contribution in [3.8, 4) is 0 Å². The smallest absolute Gasteiger partial charge is 0 e. The van der Waals surface area contributed by atoms with Gasteiger partial charge in [-0.15, -0.1) is 0 Å². The Morgan fingerprint density at radius 2 is 1.30 bits per heavy atom. The van der Waals surface area contributed by atoms with Crippen LogP contribution in [0, 0.1) is 6.08 Å². The average molecular weight is 429 g/mol. The summed E-state index contributed by atoms with van der Waals surface area (Å²) in [5, 5.41) is 24.2. The molecule has 0 aliphatic heterocycles. The van der Waals surface area contributed by atoms with E-state index < -0.39 is 15.9 Å². The van der Waals surface area contributed by atoms with Crippen LogP contribution in [0.4, 0.5) is 3.50 Å². The van der Waals surface area contributed by atoms with Crippen molar-refractivity contribution in [1.82, 2.24) is 0 Å². The van der Waals surface area contributed by atoms with Crippen molar-refractivity contribution < 1.29 is 45.0 Å². The molecule has 0 aromatic rings. The first-order valence-corrected chi connectivity index (χ1v) is 9.10. The second kappa shape index (κ2) is 22.0. The minimum atomic E-state index is -1.75. The maximum atomic E-state index is 11.7. The van der Waals surface area contributed by atoms with Gasteiger partial charge in [-0.1, -0.05) is 0 Å². The zero-order valence-corrected chi connectivity index (χ0v) is 18.9. The van der Waals surface area contributed by atoms with Crippen LogP contribution in [0.1, 0.15) is 48.0 Å². The van der Waals surface area contributed by atoms with E-state index in [1.807, 2.05) is 12.2 Å². The summed E-state index contributed by atoms with van der Waals surface area (Å²) in [6.07, 6.45) is 7.05. The third-order valence-corrected chi connectivity index (χ3v) is 2.53. The number of halogens is 1. The van der Waals surface area contributed by atoms with Crippen LogP contribution >= 0.6 is 0 Å². The molecule has 0 amide bonds. The van der Waals surface area contributed by atoms with Gasteiger partial charge >= 0.3 is 48.5 Å². The van der Waals surface area contributed by atoms with Gasteiger partial charge < -0.3 is 15.3 Å². The summed E-state index contributed by atoms with van der Waals surface area (Å²) < 4.78 is 12.6. The largest absolute Gasteiger partial charge is 0 e. The van der Waals surface area contributed by atoms with Crippen molar-refractivity contribution in [1.29, 1.82) is 0 Å². The van der Waals surface area contributed by atoms with Gasteiger partial charge in [0.05, 0.1) is 0 Å². The van der Waals surface area contributed by atoms with Gasteiger partial charge in [0.2, 0.25) is 0 Å². The molecule has 1 aliphatic rings. The number of rotatable bonds is 1. The van der Waals surface area contributed by atoms with Crippen LogP contribution in [0.25, 0.3) is 0 Å². The Morgan fingerprint density at radius 3 is 1.40 bits per heavy atom. The van der Waals surface area contributed by atoms with Crippen LogP contribution in [-0.2, 0) is 26.2 Å². The number of aliphatic hydroxyl groups is 3. The van der Waals surface area contributed by atoms with Gasteiger partial charge in [0, 0.05) is 44.5 Å². The summed E-state index contributed by atoms with van der Waals surface area (Å²) >= 11 is -1.75. The Hall–Kier alpha value is 0.716. The molecule has 0 bridgehead atoms. The Morgan fingerprint density at radius 1 is 1.00 bits per heavy atom. The third-order valence-electron chi connectivity index (χ3n) is 0.910. The van der Waals surface area contributed by atoms with E-state index in [1.165, 1.54) is 0 Å². The quantitative estimate of drug-likeness (QED) is 0.441. The molecule has 0 unspecified atom stereocenters. The van der Waals surface area contributed by atoms with E-state index in [4.69, 9.17) is 15.3 Å². The maximum Gasteiger partial charge on any atom is 0 e. The Labute approximate surface area is 149 Å². The van der Waals surface area contributed by atoms with E-state index in [0.29, 0.717) is 0 Å². The monoisotopic (exact) mass is 429 g/mol. The predicted octanol–water partition coefficient (Wildman–Crippen LogP) is 1.85. The first kappa shape index (κ1) is 28.8. The molecular formula is C14H30FGeO3Zr-. The fraction of sp³-hybridized carbons (Fsp3) is 0.714. The van der Waals surface area contributed by atoms with Gasteiger partial charge in [0.15, 0.2) is 0 Å². The van der Waals surface area contributed by atoms with Crippen LogP contribution < -0.4 is 0 Å². The molecule has 0 aromatic carbocycles. The molecule has 0 atom stereocenters. The van der Waals surface area contributed by atoms with Crippen molar-refractivity contribution in [3.63, 3.8) is 0 Å². The Kier molecular flexibility index (Phi) is 31.7. The van der Waals surface area contributed by atoms with Gasteiger partial charge in [0.25, 0.3) is 0 Å². The van der Waals surface area contributed by atoms with E-state index in [-0.39, 0.29) is 44.5 Å². The molecule has 20 heavy (non-hydrogen) atoms. The molecule has 0 spiro atoms. The van der Waals surface area contributed by atoms with Crippen molar-refractivity contribution in [2.45, 2.75) is 66.3 Å². The van der Waals surface area contributed by atoms with Gasteiger partial charge in [-0.3, -0.25) is 0 Å². The molecule has 0 fully saturated rings. The molecule has 0 saturated carbocycles. The minimum absolute atomic E-state index is 0. The molecule has 0 saturated heterocycles. The number of aliphatic hydroxyl groups excluding tert-OH is 3. The van der Waals surface area contributed by atoms with E-state index in [1.54, 1.807) is 41.5 Å². The van der Waals surface area contributed by atoms with E-state index in [9.17, 15) is 3.50 Å². The first-order valence-electron chi connectivity index (χ1n) is 6.49. The summed E-state index contributed by atoms with van der Waals surface area (Å²) in [7, 11) is 0. The normalized spacial score (nSPS) is 12.2. The van der Waals surface area contributed by atoms with Crippen molar-refractivity contribution in [2.24, 2.45) is 0 Å².